The van der Waals surface area contributed by atoms with Crippen molar-refractivity contribution in [2.75, 3.05) is 25.6 Å². The molecule has 6 heteroatoms. The van der Waals surface area contributed by atoms with Gasteiger partial charge in [-0.25, -0.2) is 0 Å². The Hall–Kier alpha value is -1.27. The first-order valence-electron chi connectivity index (χ1n) is 6.20. The Morgan fingerprint density at radius 3 is 2.95 bits per heavy atom. The molecule has 0 aliphatic carbocycles. The summed E-state index contributed by atoms with van der Waals surface area (Å²) < 4.78 is 11.4. The number of carbonyl (C=O) groups is 1. The van der Waals surface area contributed by atoms with Crippen molar-refractivity contribution in [2.45, 2.75) is 18.9 Å². The second-order valence-electron chi connectivity index (χ2n) is 4.40. The van der Waals surface area contributed by atoms with Gasteiger partial charge in [-0.1, -0.05) is 6.07 Å². The molecule has 0 saturated carbocycles. The van der Waals surface area contributed by atoms with Crippen LogP contribution in [0.5, 0.6) is 5.75 Å². The van der Waals surface area contributed by atoms with Crippen LogP contribution in [0.15, 0.2) is 22.7 Å². The molecule has 0 atom stereocenters. The first kappa shape index (κ1) is 14.1. The van der Waals surface area contributed by atoms with E-state index in [0.29, 0.717) is 29.1 Å². The lowest BCUT2D eigenvalue weighted by Crippen LogP contribution is -2.41. The zero-order valence-electron chi connectivity index (χ0n) is 10.5. The van der Waals surface area contributed by atoms with Crippen LogP contribution in [0.1, 0.15) is 12.8 Å². The van der Waals surface area contributed by atoms with Gasteiger partial charge in [0.05, 0.1) is 4.47 Å². The van der Waals surface area contributed by atoms with Crippen LogP contribution in [0.2, 0.25) is 0 Å². The smallest absolute Gasteiger partial charge is 0.258 e. The molecule has 1 aromatic rings. The quantitative estimate of drug-likeness (QED) is 0.825. The Kier molecular flexibility index (Phi) is 5.04. The van der Waals surface area contributed by atoms with Crippen molar-refractivity contribution in [2.24, 2.45) is 0 Å². The highest BCUT2D eigenvalue weighted by Crippen LogP contribution is 2.30. The summed E-state index contributed by atoms with van der Waals surface area (Å²) in [5.41, 5.74) is 6.32. The third-order valence-corrected chi connectivity index (χ3v) is 3.79. The Bertz CT molecular complexity index is 448. The minimum Gasteiger partial charge on any atom is -0.483 e. The molecule has 1 amide bonds. The maximum Gasteiger partial charge on any atom is 0.258 e. The van der Waals surface area contributed by atoms with E-state index in [1.54, 1.807) is 18.2 Å². The maximum atomic E-state index is 11.8. The van der Waals surface area contributed by atoms with Gasteiger partial charge in [-0.2, -0.15) is 0 Å². The number of carbonyl (C=O) groups excluding carboxylic acids is 1. The van der Waals surface area contributed by atoms with Gasteiger partial charge < -0.3 is 20.5 Å². The molecule has 1 aliphatic heterocycles. The largest absolute Gasteiger partial charge is 0.483 e. The zero-order chi connectivity index (χ0) is 13.7. The van der Waals surface area contributed by atoms with Crippen LogP contribution in [-0.4, -0.2) is 31.8 Å². The Morgan fingerprint density at radius 2 is 2.21 bits per heavy atom. The maximum absolute atomic E-state index is 11.8. The van der Waals surface area contributed by atoms with Crippen molar-refractivity contribution in [3.63, 3.8) is 0 Å². The summed E-state index contributed by atoms with van der Waals surface area (Å²) in [5.74, 6) is 0.448. The van der Waals surface area contributed by atoms with Crippen molar-refractivity contribution in [3.8, 4) is 5.75 Å². The molecule has 0 unspecified atom stereocenters. The second-order valence-corrected chi connectivity index (χ2v) is 5.20. The van der Waals surface area contributed by atoms with Crippen molar-refractivity contribution < 1.29 is 14.3 Å². The molecule has 3 N–H and O–H groups in total. The molecule has 1 aliphatic rings. The lowest BCUT2D eigenvalue weighted by molar-refractivity contribution is -0.124. The fourth-order valence-electron chi connectivity index (χ4n) is 1.89. The van der Waals surface area contributed by atoms with Gasteiger partial charge in [-0.15, -0.1) is 0 Å². The molecule has 1 aromatic carbocycles. The van der Waals surface area contributed by atoms with E-state index in [0.717, 1.165) is 12.8 Å². The van der Waals surface area contributed by atoms with E-state index in [4.69, 9.17) is 15.2 Å². The average Bonchev–Trinajstić information content (AvgIpc) is 2.42. The number of nitrogen functional groups attached to an aromatic ring is 1. The van der Waals surface area contributed by atoms with Crippen LogP contribution in [0, 0.1) is 0 Å². The fraction of sp³-hybridized carbons (Fsp3) is 0.462. The number of rotatable bonds is 4. The molecule has 0 aromatic heterocycles. The molecule has 2 rings (SSSR count). The second kappa shape index (κ2) is 6.77. The molecule has 1 fully saturated rings. The topological polar surface area (TPSA) is 73.6 Å². The molecule has 19 heavy (non-hydrogen) atoms. The highest BCUT2D eigenvalue weighted by Gasteiger charge is 2.16. The Labute approximate surface area is 120 Å². The summed E-state index contributed by atoms with van der Waals surface area (Å²) in [7, 11) is 0. The first-order chi connectivity index (χ1) is 9.16. The van der Waals surface area contributed by atoms with E-state index in [2.05, 4.69) is 21.2 Å². The molecule has 5 nitrogen and oxygen atoms in total. The average molecular weight is 329 g/mol. The van der Waals surface area contributed by atoms with Gasteiger partial charge in [-0.3, -0.25) is 4.79 Å². The van der Waals surface area contributed by atoms with Crippen molar-refractivity contribution in [1.82, 2.24) is 5.32 Å². The van der Waals surface area contributed by atoms with Crippen molar-refractivity contribution >= 4 is 27.5 Å². The fourth-order valence-corrected chi connectivity index (χ4v) is 2.27. The number of hydrogen-bond donors (Lipinski definition) is 2. The molecule has 104 valence electrons. The molecule has 0 radical (unpaired) electrons. The van der Waals surface area contributed by atoms with Crippen LogP contribution in [0.4, 0.5) is 5.69 Å². The number of ether oxygens (including phenoxy) is 2. The summed E-state index contributed by atoms with van der Waals surface area (Å²) >= 11 is 3.33. The van der Waals surface area contributed by atoms with E-state index in [1.807, 2.05) is 0 Å². The van der Waals surface area contributed by atoms with E-state index in [1.165, 1.54) is 0 Å². The van der Waals surface area contributed by atoms with Crippen LogP contribution >= 0.6 is 15.9 Å². The molecule has 0 bridgehead atoms. The lowest BCUT2D eigenvalue weighted by Gasteiger charge is -2.23. The molecule has 1 heterocycles. The van der Waals surface area contributed by atoms with Gasteiger partial charge >= 0.3 is 0 Å². The minimum atomic E-state index is -0.124. The van der Waals surface area contributed by atoms with Gasteiger partial charge in [0.25, 0.3) is 5.91 Å². The summed E-state index contributed by atoms with van der Waals surface area (Å²) in [4.78, 5) is 11.8. The number of halogens is 1. The lowest BCUT2D eigenvalue weighted by atomic mass is 10.1. The summed E-state index contributed by atoms with van der Waals surface area (Å²) in [6, 6.07) is 5.50. The number of amides is 1. The number of nitrogens with one attached hydrogen (secondary N) is 1. The van der Waals surface area contributed by atoms with Crippen LogP contribution < -0.4 is 15.8 Å². The highest BCUT2D eigenvalue weighted by molar-refractivity contribution is 9.10. The van der Waals surface area contributed by atoms with E-state index in [9.17, 15) is 4.79 Å². The zero-order valence-corrected chi connectivity index (χ0v) is 12.1. The SMILES string of the molecule is Nc1cccc(OCC(=O)NC2CCOCC2)c1Br. The van der Waals surface area contributed by atoms with E-state index in [-0.39, 0.29) is 18.6 Å². The van der Waals surface area contributed by atoms with Crippen molar-refractivity contribution in [3.05, 3.63) is 22.7 Å². The van der Waals surface area contributed by atoms with Gasteiger partial charge in [-0.05, 0) is 40.9 Å². The van der Waals surface area contributed by atoms with E-state index >= 15 is 0 Å². The number of nitrogens with two attached hydrogens (primary N) is 1. The molecular formula is C13H17BrN2O3. The number of hydrogen-bond acceptors (Lipinski definition) is 4. The van der Waals surface area contributed by atoms with Crippen LogP contribution in [-0.2, 0) is 9.53 Å². The van der Waals surface area contributed by atoms with Gasteiger partial charge in [0, 0.05) is 24.9 Å². The monoisotopic (exact) mass is 328 g/mol. The number of benzene rings is 1. The summed E-state index contributed by atoms with van der Waals surface area (Å²) in [5, 5.41) is 2.93. The van der Waals surface area contributed by atoms with Crippen LogP contribution in [0.25, 0.3) is 0 Å². The first-order valence-corrected chi connectivity index (χ1v) is 7.00. The minimum absolute atomic E-state index is 0.0145. The third-order valence-electron chi connectivity index (χ3n) is 2.94. The normalized spacial score (nSPS) is 16.1. The van der Waals surface area contributed by atoms with E-state index < -0.39 is 0 Å². The van der Waals surface area contributed by atoms with Gasteiger partial charge in [0.15, 0.2) is 6.61 Å². The van der Waals surface area contributed by atoms with Gasteiger partial charge in [0.2, 0.25) is 0 Å². The third kappa shape index (κ3) is 4.11. The Morgan fingerprint density at radius 1 is 1.47 bits per heavy atom. The van der Waals surface area contributed by atoms with Gasteiger partial charge in [0.1, 0.15) is 5.75 Å². The predicted octanol–water partition coefficient (Wildman–Crippen LogP) is 1.71. The standard InChI is InChI=1S/C13H17BrN2O3/c14-13-10(15)2-1-3-11(13)19-8-12(17)16-9-4-6-18-7-5-9/h1-3,9H,4-8,15H2,(H,16,17). The summed E-state index contributed by atoms with van der Waals surface area (Å²) in [6.45, 7) is 1.39. The summed E-state index contributed by atoms with van der Waals surface area (Å²) in [6.07, 6.45) is 1.71. The number of anilines is 1. The molecule has 0 spiro atoms. The predicted molar refractivity (Wildman–Crippen MR) is 76.0 cm³/mol. The Balaban J connectivity index is 1.81. The highest BCUT2D eigenvalue weighted by atomic mass is 79.9. The molecule has 1 saturated heterocycles. The molecular weight excluding hydrogens is 312 g/mol. The van der Waals surface area contributed by atoms with Crippen molar-refractivity contribution in [1.29, 1.82) is 0 Å². The van der Waals surface area contributed by atoms with Crippen LogP contribution in [0.3, 0.4) is 0 Å².